The molecular formula is C24H35N3O7. The minimum atomic E-state index is -0.359. The van der Waals surface area contributed by atoms with Gasteiger partial charge in [-0.15, -0.1) is 0 Å². The maximum absolute atomic E-state index is 12.6. The molecule has 1 atom stereocenters. The Hall–Kier alpha value is -3.43. The first kappa shape index (κ1) is 28.6. The fourth-order valence-electron chi connectivity index (χ4n) is 3.65. The van der Waals surface area contributed by atoms with Crippen LogP contribution < -0.4 is 10.6 Å². The summed E-state index contributed by atoms with van der Waals surface area (Å²) in [5.74, 6) is -0.569. The monoisotopic (exact) mass is 477 g/mol. The molecule has 0 spiro atoms. The first-order chi connectivity index (χ1) is 16.4. The van der Waals surface area contributed by atoms with Crippen LogP contribution in [-0.2, 0) is 28.7 Å². The Kier molecular flexibility index (Phi) is 14.4. The van der Waals surface area contributed by atoms with Crippen LogP contribution >= 0.6 is 0 Å². The van der Waals surface area contributed by atoms with Gasteiger partial charge in [0, 0.05) is 38.9 Å². The minimum Gasteiger partial charge on any atom is -0.483 e. The highest BCUT2D eigenvalue weighted by molar-refractivity contribution is 5.85. The largest absolute Gasteiger partial charge is 0.483 e. The molecule has 1 aromatic carbocycles. The molecule has 1 aliphatic heterocycles. The van der Waals surface area contributed by atoms with Crippen LogP contribution in [-0.4, -0.2) is 73.5 Å². The van der Waals surface area contributed by atoms with Crippen LogP contribution in [0.3, 0.4) is 0 Å². The lowest BCUT2D eigenvalue weighted by Gasteiger charge is -2.24. The second-order valence-electron chi connectivity index (χ2n) is 7.84. The normalized spacial score (nSPS) is 17.7. The van der Waals surface area contributed by atoms with Gasteiger partial charge < -0.3 is 25.4 Å². The SMILES string of the molecule is COC(=O)CCCC(=O)N1CCCNC(=O)CCC(c2ccccc2)CCNC(=O)C1.O=CO. The molecule has 0 aliphatic carbocycles. The van der Waals surface area contributed by atoms with Gasteiger partial charge in [-0.05, 0) is 37.2 Å². The van der Waals surface area contributed by atoms with Crippen molar-refractivity contribution in [1.82, 2.24) is 15.5 Å². The van der Waals surface area contributed by atoms with Crippen molar-refractivity contribution in [3.63, 3.8) is 0 Å². The van der Waals surface area contributed by atoms with E-state index in [1.807, 2.05) is 30.3 Å². The molecular weight excluding hydrogens is 442 g/mol. The van der Waals surface area contributed by atoms with E-state index in [-0.39, 0.29) is 55.5 Å². The molecule has 2 rings (SSSR count). The third kappa shape index (κ3) is 12.0. The van der Waals surface area contributed by atoms with Crippen molar-refractivity contribution >= 4 is 30.2 Å². The van der Waals surface area contributed by atoms with Crippen molar-refractivity contribution in [3.8, 4) is 0 Å². The van der Waals surface area contributed by atoms with E-state index in [9.17, 15) is 19.2 Å². The number of amides is 3. The number of nitrogens with one attached hydrogen (secondary N) is 2. The molecule has 0 radical (unpaired) electrons. The number of ether oxygens (including phenoxy) is 1. The number of benzene rings is 1. The fraction of sp³-hybridized carbons (Fsp3) is 0.542. The van der Waals surface area contributed by atoms with Crippen LogP contribution in [0.5, 0.6) is 0 Å². The standard InChI is InChI=1S/C23H33N3O5.CH2O2/c1-31-23(30)10-5-9-22(29)26-16-6-14-24-20(27)12-11-19(13-15-25-21(28)17-26)18-7-3-2-4-8-18;2-1-3/h2-4,7-8,19H,5-6,9-17H2,1H3,(H,24,27)(H,25,28);1H,(H,2,3). The second kappa shape index (κ2) is 17.1. The van der Waals surface area contributed by atoms with E-state index in [2.05, 4.69) is 15.4 Å². The van der Waals surface area contributed by atoms with Gasteiger partial charge in [0.2, 0.25) is 17.7 Å². The number of carbonyl (C=O) groups is 5. The quantitative estimate of drug-likeness (QED) is 0.430. The summed E-state index contributed by atoms with van der Waals surface area (Å²) in [6.07, 6.45) is 3.13. The first-order valence-electron chi connectivity index (χ1n) is 11.4. The van der Waals surface area contributed by atoms with Crippen LogP contribution in [0, 0.1) is 0 Å². The van der Waals surface area contributed by atoms with Crippen molar-refractivity contribution in [3.05, 3.63) is 35.9 Å². The summed E-state index contributed by atoms with van der Waals surface area (Å²) in [6.45, 7) is 1.02. The van der Waals surface area contributed by atoms with E-state index in [0.717, 1.165) is 18.4 Å². The lowest BCUT2D eigenvalue weighted by molar-refractivity contribution is -0.141. The summed E-state index contributed by atoms with van der Waals surface area (Å²) in [6, 6.07) is 9.99. The van der Waals surface area contributed by atoms with Gasteiger partial charge in [0.1, 0.15) is 0 Å². The summed E-state index contributed by atoms with van der Waals surface area (Å²) in [7, 11) is 1.31. The van der Waals surface area contributed by atoms with Crippen molar-refractivity contribution in [2.75, 3.05) is 33.3 Å². The van der Waals surface area contributed by atoms with Gasteiger partial charge in [-0.2, -0.15) is 0 Å². The number of hydrogen-bond acceptors (Lipinski definition) is 6. The molecule has 1 aliphatic rings. The van der Waals surface area contributed by atoms with Crippen molar-refractivity contribution < 1.29 is 33.8 Å². The molecule has 0 aromatic heterocycles. The van der Waals surface area contributed by atoms with Crippen molar-refractivity contribution in [2.24, 2.45) is 0 Å². The van der Waals surface area contributed by atoms with Crippen molar-refractivity contribution in [2.45, 2.75) is 50.9 Å². The number of carboxylic acid groups (broad SMARTS) is 1. The Morgan fingerprint density at radius 3 is 2.44 bits per heavy atom. The molecule has 1 saturated heterocycles. The highest BCUT2D eigenvalue weighted by atomic mass is 16.5. The van der Waals surface area contributed by atoms with E-state index >= 15 is 0 Å². The van der Waals surface area contributed by atoms with E-state index in [1.54, 1.807) is 0 Å². The summed E-state index contributed by atoms with van der Waals surface area (Å²) >= 11 is 0. The Bertz CT molecular complexity index is 786. The lowest BCUT2D eigenvalue weighted by atomic mass is 9.91. The van der Waals surface area contributed by atoms with Crippen LogP contribution in [0.25, 0.3) is 0 Å². The van der Waals surface area contributed by atoms with Gasteiger partial charge in [-0.25, -0.2) is 0 Å². The molecule has 3 amide bonds. The Balaban J connectivity index is 0.00000182. The smallest absolute Gasteiger partial charge is 0.305 e. The minimum absolute atomic E-state index is 0.00187. The molecule has 1 aromatic rings. The number of hydrogen-bond donors (Lipinski definition) is 3. The van der Waals surface area contributed by atoms with E-state index in [4.69, 9.17) is 9.90 Å². The molecule has 1 heterocycles. The van der Waals surface area contributed by atoms with Gasteiger partial charge in [0.15, 0.2) is 0 Å². The van der Waals surface area contributed by atoms with Gasteiger partial charge in [-0.1, -0.05) is 30.3 Å². The van der Waals surface area contributed by atoms with Crippen LogP contribution in [0.15, 0.2) is 30.3 Å². The van der Waals surface area contributed by atoms with E-state index in [0.29, 0.717) is 38.9 Å². The van der Waals surface area contributed by atoms with Gasteiger partial charge in [0.05, 0.1) is 13.7 Å². The average Bonchev–Trinajstić information content (AvgIpc) is 2.83. The molecule has 3 N–H and O–H groups in total. The molecule has 1 fully saturated rings. The van der Waals surface area contributed by atoms with Crippen LogP contribution in [0.4, 0.5) is 0 Å². The molecule has 10 heteroatoms. The topological polar surface area (TPSA) is 142 Å². The Labute approximate surface area is 200 Å². The summed E-state index contributed by atoms with van der Waals surface area (Å²) in [4.78, 5) is 58.3. The highest BCUT2D eigenvalue weighted by Gasteiger charge is 2.19. The van der Waals surface area contributed by atoms with E-state index < -0.39 is 0 Å². The third-order valence-electron chi connectivity index (χ3n) is 5.42. The summed E-state index contributed by atoms with van der Waals surface area (Å²) in [5.41, 5.74) is 1.15. The fourth-order valence-corrected chi connectivity index (χ4v) is 3.65. The first-order valence-corrected chi connectivity index (χ1v) is 11.4. The number of rotatable bonds is 5. The maximum atomic E-state index is 12.6. The molecule has 0 bridgehead atoms. The molecule has 188 valence electrons. The number of methoxy groups -OCH3 is 1. The van der Waals surface area contributed by atoms with Gasteiger partial charge in [0.25, 0.3) is 6.47 Å². The zero-order chi connectivity index (χ0) is 25.2. The second-order valence-corrected chi connectivity index (χ2v) is 7.84. The number of esters is 1. The predicted molar refractivity (Wildman–Crippen MR) is 125 cm³/mol. The van der Waals surface area contributed by atoms with Gasteiger partial charge in [-0.3, -0.25) is 24.0 Å². The van der Waals surface area contributed by atoms with Crippen LogP contribution in [0.1, 0.15) is 56.4 Å². The van der Waals surface area contributed by atoms with E-state index in [1.165, 1.54) is 12.0 Å². The summed E-state index contributed by atoms with van der Waals surface area (Å²) < 4.78 is 4.59. The Morgan fingerprint density at radius 1 is 1.09 bits per heavy atom. The van der Waals surface area contributed by atoms with Crippen LogP contribution in [0.2, 0.25) is 0 Å². The molecule has 10 nitrogen and oxygen atoms in total. The van der Waals surface area contributed by atoms with Gasteiger partial charge >= 0.3 is 5.97 Å². The maximum Gasteiger partial charge on any atom is 0.305 e. The highest BCUT2D eigenvalue weighted by Crippen LogP contribution is 2.24. The lowest BCUT2D eigenvalue weighted by Crippen LogP contribution is -2.42. The molecule has 1 unspecified atom stereocenters. The zero-order valence-corrected chi connectivity index (χ0v) is 19.7. The Morgan fingerprint density at radius 2 is 1.76 bits per heavy atom. The molecule has 34 heavy (non-hydrogen) atoms. The third-order valence-corrected chi connectivity index (χ3v) is 5.42. The number of nitrogens with zero attached hydrogens (tertiary/aromatic N) is 1. The molecule has 0 saturated carbocycles. The number of carbonyl (C=O) groups excluding carboxylic acids is 4. The van der Waals surface area contributed by atoms with Crippen molar-refractivity contribution in [1.29, 1.82) is 0 Å². The summed E-state index contributed by atoms with van der Waals surface area (Å²) in [5, 5.41) is 12.7. The zero-order valence-electron chi connectivity index (χ0n) is 19.7. The average molecular weight is 478 g/mol. The predicted octanol–water partition coefficient (Wildman–Crippen LogP) is 1.45.